The van der Waals surface area contributed by atoms with Gasteiger partial charge in [0.25, 0.3) is 0 Å². The van der Waals surface area contributed by atoms with E-state index in [1.807, 2.05) is 0 Å². The van der Waals surface area contributed by atoms with E-state index < -0.39 is 0 Å². The second-order valence-electron chi connectivity index (χ2n) is 5.22. The van der Waals surface area contributed by atoms with Crippen LogP contribution in [0.4, 0.5) is 0 Å². The SMILES string of the molecule is CO[C@@H](C)C(=O)NC[C@H]1CCCN(C(C)C)C1. The molecule has 1 rings (SSSR count). The molecular weight excluding hydrogens is 216 g/mol. The molecule has 4 nitrogen and oxygen atoms in total. The molecule has 0 aromatic heterocycles. The lowest BCUT2D eigenvalue weighted by Gasteiger charge is -2.35. The fourth-order valence-electron chi connectivity index (χ4n) is 2.23. The summed E-state index contributed by atoms with van der Waals surface area (Å²) in [5.74, 6) is 0.577. The largest absolute Gasteiger partial charge is 0.372 e. The topological polar surface area (TPSA) is 41.6 Å². The van der Waals surface area contributed by atoms with E-state index in [9.17, 15) is 4.79 Å². The Kier molecular flexibility index (Phi) is 5.92. The van der Waals surface area contributed by atoms with Crippen LogP contribution in [0.25, 0.3) is 0 Å². The average Bonchev–Trinajstić information content (AvgIpc) is 2.35. The fraction of sp³-hybridized carbons (Fsp3) is 0.923. The van der Waals surface area contributed by atoms with Gasteiger partial charge in [0.05, 0.1) is 0 Å². The molecule has 0 saturated carbocycles. The summed E-state index contributed by atoms with van der Waals surface area (Å²) in [5.41, 5.74) is 0. The predicted molar refractivity (Wildman–Crippen MR) is 68.9 cm³/mol. The minimum atomic E-state index is -0.347. The first-order chi connectivity index (χ1) is 8.04. The highest BCUT2D eigenvalue weighted by Gasteiger charge is 2.22. The van der Waals surface area contributed by atoms with Gasteiger partial charge in [-0.3, -0.25) is 4.79 Å². The smallest absolute Gasteiger partial charge is 0.248 e. The van der Waals surface area contributed by atoms with Gasteiger partial charge in [0.2, 0.25) is 5.91 Å². The van der Waals surface area contributed by atoms with Gasteiger partial charge in [-0.05, 0) is 46.1 Å². The van der Waals surface area contributed by atoms with Gasteiger partial charge < -0.3 is 15.0 Å². The molecule has 0 bridgehead atoms. The standard InChI is InChI=1S/C13H26N2O2/c1-10(2)15-7-5-6-12(9-15)8-14-13(16)11(3)17-4/h10-12H,5-9H2,1-4H3,(H,14,16)/t11-,12+/m0/s1. The van der Waals surface area contributed by atoms with Crippen molar-refractivity contribution >= 4 is 5.91 Å². The quantitative estimate of drug-likeness (QED) is 0.789. The minimum absolute atomic E-state index is 0.00540. The highest BCUT2D eigenvalue weighted by Crippen LogP contribution is 2.17. The Bertz CT molecular complexity index is 244. The third-order valence-corrected chi connectivity index (χ3v) is 3.57. The highest BCUT2D eigenvalue weighted by molar-refractivity contribution is 5.80. The number of likely N-dealkylation sites (tertiary alicyclic amines) is 1. The molecule has 4 heteroatoms. The summed E-state index contributed by atoms with van der Waals surface area (Å²) < 4.78 is 4.99. The van der Waals surface area contributed by atoms with Crippen LogP contribution in [0, 0.1) is 5.92 Å². The summed E-state index contributed by atoms with van der Waals surface area (Å²) in [6, 6.07) is 0.603. The lowest BCUT2D eigenvalue weighted by Crippen LogP contribution is -2.45. The molecule has 1 saturated heterocycles. The van der Waals surface area contributed by atoms with Crippen LogP contribution in [0.3, 0.4) is 0 Å². The lowest BCUT2D eigenvalue weighted by atomic mass is 9.97. The van der Waals surface area contributed by atoms with Gasteiger partial charge in [-0.2, -0.15) is 0 Å². The first-order valence-electron chi connectivity index (χ1n) is 6.59. The summed E-state index contributed by atoms with van der Waals surface area (Å²) in [6.07, 6.45) is 2.10. The summed E-state index contributed by atoms with van der Waals surface area (Å²) in [7, 11) is 1.56. The molecule has 0 radical (unpaired) electrons. The summed E-state index contributed by atoms with van der Waals surface area (Å²) in [5, 5.41) is 2.97. The van der Waals surface area contributed by atoms with Crippen LogP contribution >= 0.6 is 0 Å². The Balaban J connectivity index is 2.29. The normalized spacial score (nSPS) is 23.7. The minimum Gasteiger partial charge on any atom is -0.372 e. The third kappa shape index (κ3) is 4.64. The summed E-state index contributed by atoms with van der Waals surface area (Å²) in [6.45, 7) is 9.30. The molecule has 0 aliphatic carbocycles. The highest BCUT2D eigenvalue weighted by atomic mass is 16.5. The monoisotopic (exact) mass is 242 g/mol. The molecule has 1 heterocycles. The molecule has 0 unspecified atom stereocenters. The van der Waals surface area contributed by atoms with Crippen molar-refractivity contribution in [2.45, 2.75) is 45.8 Å². The van der Waals surface area contributed by atoms with Crippen molar-refractivity contribution in [1.29, 1.82) is 0 Å². The number of carbonyl (C=O) groups is 1. The number of piperidine rings is 1. The number of hydrogen-bond acceptors (Lipinski definition) is 3. The van der Waals surface area contributed by atoms with Gasteiger partial charge in [-0.15, -0.1) is 0 Å². The Morgan fingerprint density at radius 2 is 2.18 bits per heavy atom. The van der Waals surface area contributed by atoms with Crippen molar-refractivity contribution in [2.75, 3.05) is 26.7 Å². The molecule has 0 spiro atoms. The number of hydrogen-bond donors (Lipinski definition) is 1. The van der Waals surface area contributed by atoms with Gasteiger partial charge >= 0.3 is 0 Å². The Labute approximate surface area is 105 Å². The van der Waals surface area contributed by atoms with E-state index in [2.05, 4.69) is 24.1 Å². The van der Waals surface area contributed by atoms with Crippen molar-refractivity contribution in [2.24, 2.45) is 5.92 Å². The number of methoxy groups -OCH3 is 1. The van der Waals surface area contributed by atoms with E-state index in [1.165, 1.54) is 19.4 Å². The summed E-state index contributed by atoms with van der Waals surface area (Å²) >= 11 is 0. The van der Waals surface area contributed by atoms with Crippen molar-refractivity contribution in [3.05, 3.63) is 0 Å². The van der Waals surface area contributed by atoms with E-state index in [4.69, 9.17) is 4.74 Å². The zero-order valence-electron chi connectivity index (χ0n) is 11.5. The average molecular weight is 242 g/mol. The number of ether oxygens (including phenoxy) is 1. The van der Waals surface area contributed by atoms with Crippen molar-refractivity contribution in [1.82, 2.24) is 10.2 Å². The van der Waals surface area contributed by atoms with E-state index >= 15 is 0 Å². The molecule has 100 valence electrons. The predicted octanol–water partition coefficient (Wildman–Crippen LogP) is 1.26. The van der Waals surface area contributed by atoms with Crippen LogP contribution in [-0.4, -0.2) is 49.7 Å². The summed E-state index contributed by atoms with van der Waals surface area (Å²) in [4.78, 5) is 14.1. The van der Waals surface area contributed by atoms with Crippen LogP contribution in [0.15, 0.2) is 0 Å². The number of amides is 1. The number of nitrogens with zero attached hydrogens (tertiary/aromatic N) is 1. The molecule has 2 atom stereocenters. The second kappa shape index (κ2) is 6.97. The number of rotatable bonds is 5. The Morgan fingerprint density at radius 1 is 1.47 bits per heavy atom. The van der Waals surface area contributed by atoms with Crippen LogP contribution in [0.1, 0.15) is 33.6 Å². The second-order valence-corrected chi connectivity index (χ2v) is 5.22. The molecule has 0 aromatic carbocycles. The molecule has 1 amide bonds. The Hall–Kier alpha value is -0.610. The van der Waals surface area contributed by atoms with Crippen LogP contribution in [0.5, 0.6) is 0 Å². The zero-order valence-corrected chi connectivity index (χ0v) is 11.5. The van der Waals surface area contributed by atoms with Gasteiger partial charge in [-0.1, -0.05) is 0 Å². The van der Waals surface area contributed by atoms with Crippen molar-refractivity contribution in [3.8, 4) is 0 Å². The Morgan fingerprint density at radius 3 is 2.76 bits per heavy atom. The number of nitrogens with one attached hydrogen (secondary N) is 1. The van der Waals surface area contributed by atoms with Gasteiger partial charge in [0.15, 0.2) is 0 Å². The van der Waals surface area contributed by atoms with E-state index in [-0.39, 0.29) is 12.0 Å². The fourth-order valence-corrected chi connectivity index (χ4v) is 2.23. The number of carbonyl (C=O) groups excluding carboxylic acids is 1. The van der Waals surface area contributed by atoms with Crippen LogP contribution < -0.4 is 5.32 Å². The first kappa shape index (κ1) is 14.5. The van der Waals surface area contributed by atoms with E-state index in [1.54, 1.807) is 14.0 Å². The molecule has 1 fully saturated rings. The van der Waals surface area contributed by atoms with Gasteiger partial charge in [0.1, 0.15) is 6.10 Å². The van der Waals surface area contributed by atoms with Crippen molar-refractivity contribution in [3.63, 3.8) is 0 Å². The first-order valence-corrected chi connectivity index (χ1v) is 6.59. The maximum atomic E-state index is 11.6. The molecule has 1 N–H and O–H groups in total. The molecule has 17 heavy (non-hydrogen) atoms. The van der Waals surface area contributed by atoms with Crippen molar-refractivity contribution < 1.29 is 9.53 Å². The third-order valence-electron chi connectivity index (χ3n) is 3.57. The molecule has 1 aliphatic rings. The van der Waals surface area contributed by atoms with E-state index in [0.717, 1.165) is 13.1 Å². The maximum Gasteiger partial charge on any atom is 0.248 e. The van der Waals surface area contributed by atoms with Gasteiger partial charge in [0, 0.05) is 26.2 Å². The lowest BCUT2D eigenvalue weighted by molar-refractivity contribution is -0.130. The molecular formula is C13H26N2O2. The van der Waals surface area contributed by atoms with Crippen LogP contribution in [0.2, 0.25) is 0 Å². The maximum absolute atomic E-state index is 11.6. The molecule has 0 aromatic rings. The molecule has 1 aliphatic heterocycles. The van der Waals surface area contributed by atoms with E-state index in [0.29, 0.717) is 12.0 Å². The zero-order chi connectivity index (χ0) is 12.8. The van der Waals surface area contributed by atoms with Crippen LogP contribution in [-0.2, 0) is 9.53 Å². The van der Waals surface area contributed by atoms with Gasteiger partial charge in [-0.25, -0.2) is 0 Å².